The number of rotatable bonds is 8. The summed E-state index contributed by atoms with van der Waals surface area (Å²) < 4.78 is 25.4. The van der Waals surface area contributed by atoms with Gasteiger partial charge >= 0.3 is 0 Å². The maximum Gasteiger partial charge on any atom is 0.165 e. The summed E-state index contributed by atoms with van der Waals surface area (Å²) >= 11 is 0. The smallest absolute Gasteiger partial charge is 0.165 e. The molecular weight excluding hydrogens is 397 g/mol. The van der Waals surface area contributed by atoms with Crippen LogP contribution in [0.3, 0.4) is 0 Å². The molecule has 1 fully saturated rings. The molecule has 0 radical (unpaired) electrons. The second-order valence-corrected chi connectivity index (χ2v) is 7.79. The molecule has 0 unspecified atom stereocenters. The first-order valence-corrected chi connectivity index (χ1v) is 10.5. The molecule has 1 saturated heterocycles. The Morgan fingerprint density at radius 2 is 2.03 bits per heavy atom. The van der Waals surface area contributed by atoms with Crippen molar-refractivity contribution >= 4 is 16.6 Å². The summed E-state index contributed by atoms with van der Waals surface area (Å²) in [6.07, 6.45) is 0.910. The van der Waals surface area contributed by atoms with Crippen LogP contribution in [0, 0.1) is 11.7 Å². The fourth-order valence-corrected chi connectivity index (χ4v) is 3.97. The zero-order chi connectivity index (χ0) is 21.8. The summed E-state index contributed by atoms with van der Waals surface area (Å²) in [6.45, 7) is 3.08. The van der Waals surface area contributed by atoms with E-state index >= 15 is 0 Å². The van der Waals surface area contributed by atoms with Gasteiger partial charge in [0, 0.05) is 54.9 Å². The van der Waals surface area contributed by atoms with Crippen molar-refractivity contribution in [2.75, 3.05) is 51.9 Å². The molecule has 2 heterocycles. The summed E-state index contributed by atoms with van der Waals surface area (Å²) in [4.78, 5) is 7.00. The van der Waals surface area contributed by atoms with E-state index in [4.69, 9.17) is 14.5 Å². The lowest BCUT2D eigenvalue weighted by atomic mass is 10.1. The van der Waals surface area contributed by atoms with Gasteiger partial charge in [-0.1, -0.05) is 0 Å². The lowest BCUT2D eigenvalue weighted by molar-refractivity contribution is 0.238. The average Bonchev–Trinajstić information content (AvgIpc) is 3.28. The molecular formula is C24H28FN3O3. The Balaban J connectivity index is 1.74. The van der Waals surface area contributed by atoms with E-state index in [1.165, 1.54) is 13.2 Å². The molecule has 1 aliphatic rings. The topological polar surface area (TPSA) is 66.9 Å². The summed E-state index contributed by atoms with van der Waals surface area (Å²) in [5.74, 6) is 0.788. The molecule has 0 bridgehead atoms. The molecule has 2 N–H and O–H groups in total. The average molecular weight is 426 g/mol. The van der Waals surface area contributed by atoms with Crippen LogP contribution in [0.2, 0.25) is 0 Å². The third-order valence-corrected chi connectivity index (χ3v) is 5.72. The Hall–Kier alpha value is -2.90. The fourth-order valence-electron chi connectivity index (χ4n) is 3.97. The lowest BCUT2D eigenvalue weighted by Crippen LogP contribution is -2.21. The summed E-state index contributed by atoms with van der Waals surface area (Å²) in [7, 11) is 3.34. The maximum atomic E-state index is 14.5. The minimum atomic E-state index is -0.410. The van der Waals surface area contributed by atoms with Gasteiger partial charge in [-0.25, -0.2) is 9.37 Å². The SMILES string of the molecule is CNCCOc1ccc(-c2cc(N3CC[C@H](CO)C3)c3cc(F)c(OC)cc3n2)cc1. The van der Waals surface area contributed by atoms with Gasteiger partial charge in [-0.05, 0) is 49.9 Å². The molecule has 164 valence electrons. The highest BCUT2D eigenvalue weighted by Gasteiger charge is 2.25. The first-order valence-electron chi connectivity index (χ1n) is 10.5. The van der Waals surface area contributed by atoms with E-state index in [0.717, 1.165) is 54.1 Å². The Kier molecular flexibility index (Phi) is 6.53. The van der Waals surface area contributed by atoms with Crippen LogP contribution >= 0.6 is 0 Å². The molecule has 2 aromatic carbocycles. The van der Waals surface area contributed by atoms with Crippen molar-refractivity contribution in [2.45, 2.75) is 6.42 Å². The Labute approximate surface area is 181 Å². The van der Waals surface area contributed by atoms with Gasteiger partial charge < -0.3 is 24.8 Å². The number of anilines is 1. The van der Waals surface area contributed by atoms with Crippen molar-refractivity contribution in [1.29, 1.82) is 0 Å². The number of ether oxygens (including phenoxy) is 2. The van der Waals surface area contributed by atoms with Crippen LogP contribution in [0.5, 0.6) is 11.5 Å². The van der Waals surface area contributed by atoms with Gasteiger partial charge in [0.05, 0.1) is 18.3 Å². The number of methoxy groups -OCH3 is 1. The lowest BCUT2D eigenvalue weighted by Gasteiger charge is -2.22. The number of aliphatic hydroxyl groups excluding tert-OH is 1. The van der Waals surface area contributed by atoms with Crippen molar-refractivity contribution in [3.05, 3.63) is 48.3 Å². The molecule has 0 saturated carbocycles. The highest BCUT2D eigenvalue weighted by molar-refractivity contribution is 5.95. The largest absolute Gasteiger partial charge is 0.494 e. The number of halogens is 1. The first kappa shape index (κ1) is 21.3. The number of nitrogens with one attached hydrogen (secondary N) is 1. The Morgan fingerprint density at radius 3 is 2.71 bits per heavy atom. The van der Waals surface area contributed by atoms with Gasteiger partial charge in [0.15, 0.2) is 11.6 Å². The highest BCUT2D eigenvalue weighted by atomic mass is 19.1. The van der Waals surface area contributed by atoms with Crippen LogP contribution in [0.1, 0.15) is 6.42 Å². The van der Waals surface area contributed by atoms with Gasteiger partial charge in [-0.3, -0.25) is 0 Å². The van der Waals surface area contributed by atoms with E-state index < -0.39 is 5.82 Å². The first-order chi connectivity index (χ1) is 15.1. The van der Waals surface area contributed by atoms with Crippen molar-refractivity contribution in [1.82, 2.24) is 10.3 Å². The van der Waals surface area contributed by atoms with Crippen LogP contribution in [0.25, 0.3) is 22.2 Å². The van der Waals surface area contributed by atoms with Gasteiger partial charge in [-0.15, -0.1) is 0 Å². The van der Waals surface area contributed by atoms with E-state index in [1.54, 1.807) is 6.07 Å². The second-order valence-electron chi connectivity index (χ2n) is 7.79. The summed E-state index contributed by atoms with van der Waals surface area (Å²) in [5, 5.41) is 13.4. The number of hydrogen-bond acceptors (Lipinski definition) is 6. The van der Waals surface area contributed by atoms with Crippen molar-refractivity contribution in [3.8, 4) is 22.8 Å². The monoisotopic (exact) mass is 425 g/mol. The van der Waals surface area contributed by atoms with Crippen molar-refractivity contribution in [2.24, 2.45) is 5.92 Å². The summed E-state index contributed by atoms with van der Waals surface area (Å²) in [5.41, 5.74) is 3.34. The second kappa shape index (κ2) is 9.49. The molecule has 7 heteroatoms. The molecule has 0 spiro atoms. The van der Waals surface area contributed by atoms with Crippen molar-refractivity contribution < 1.29 is 19.0 Å². The molecule has 1 atom stereocenters. The predicted octanol–water partition coefficient (Wildman–Crippen LogP) is 3.47. The maximum absolute atomic E-state index is 14.5. The van der Waals surface area contributed by atoms with Crippen LogP contribution in [0.15, 0.2) is 42.5 Å². The zero-order valence-electron chi connectivity index (χ0n) is 17.9. The number of nitrogens with zero attached hydrogens (tertiary/aromatic N) is 2. The van der Waals surface area contributed by atoms with Crippen LogP contribution < -0.4 is 19.7 Å². The third kappa shape index (κ3) is 4.57. The minimum Gasteiger partial charge on any atom is -0.494 e. The number of fused-ring (bicyclic) bond motifs is 1. The van der Waals surface area contributed by atoms with Gasteiger partial charge in [-0.2, -0.15) is 0 Å². The molecule has 31 heavy (non-hydrogen) atoms. The van der Waals surface area contributed by atoms with E-state index in [9.17, 15) is 9.50 Å². The van der Waals surface area contributed by atoms with Gasteiger partial charge in [0.1, 0.15) is 12.4 Å². The molecule has 0 aliphatic carbocycles. The number of aliphatic hydroxyl groups is 1. The molecule has 1 aromatic heterocycles. The van der Waals surface area contributed by atoms with Crippen LogP contribution in [-0.2, 0) is 0 Å². The van der Waals surface area contributed by atoms with Gasteiger partial charge in [0.2, 0.25) is 0 Å². The Bertz CT molecular complexity index is 1040. The minimum absolute atomic E-state index is 0.156. The fraction of sp³-hybridized carbons (Fsp3) is 0.375. The number of hydrogen-bond donors (Lipinski definition) is 2. The van der Waals surface area contributed by atoms with E-state index in [-0.39, 0.29) is 18.3 Å². The molecule has 6 nitrogen and oxygen atoms in total. The molecule has 4 rings (SSSR count). The van der Waals surface area contributed by atoms with E-state index in [2.05, 4.69) is 10.2 Å². The number of benzene rings is 2. The zero-order valence-corrected chi connectivity index (χ0v) is 17.9. The van der Waals surface area contributed by atoms with Crippen molar-refractivity contribution in [3.63, 3.8) is 0 Å². The van der Waals surface area contributed by atoms with E-state index in [1.807, 2.05) is 37.4 Å². The quantitative estimate of drug-likeness (QED) is 0.539. The molecule has 3 aromatic rings. The van der Waals surface area contributed by atoms with Gasteiger partial charge in [0.25, 0.3) is 0 Å². The standard InChI is InChI=1S/C24H28FN3O3/c1-26-8-10-31-18-5-3-17(4-6-18)21-12-23(28-9-7-16(14-28)15-29)19-11-20(25)24(30-2)13-22(19)27-21/h3-6,11-13,16,26,29H,7-10,14-15H2,1-2H3/t16-/m0/s1. The third-order valence-electron chi connectivity index (χ3n) is 5.72. The number of likely N-dealkylation sites (N-methyl/N-ethyl adjacent to an activating group) is 1. The molecule has 0 amide bonds. The molecule has 1 aliphatic heterocycles. The highest BCUT2D eigenvalue weighted by Crippen LogP contribution is 2.36. The number of aromatic nitrogens is 1. The summed E-state index contributed by atoms with van der Waals surface area (Å²) in [6, 6.07) is 13.0. The Morgan fingerprint density at radius 1 is 1.23 bits per heavy atom. The van der Waals surface area contributed by atoms with Crippen LogP contribution in [0.4, 0.5) is 10.1 Å². The van der Waals surface area contributed by atoms with Crippen LogP contribution in [-0.4, -0.2) is 57.1 Å². The van der Waals surface area contributed by atoms with E-state index in [0.29, 0.717) is 12.1 Å². The number of pyridine rings is 1. The predicted molar refractivity (Wildman–Crippen MR) is 121 cm³/mol. The normalized spacial score (nSPS) is 16.1.